The maximum absolute atomic E-state index is 15.1. The van der Waals surface area contributed by atoms with Gasteiger partial charge in [0.2, 0.25) is 11.8 Å². The van der Waals surface area contributed by atoms with Gasteiger partial charge in [-0.2, -0.15) is 0 Å². The van der Waals surface area contributed by atoms with E-state index in [0.29, 0.717) is 38.8 Å². The van der Waals surface area contributed by atoms with Crippen LogP contribution in [0.5, 0.6) is 5.75 Å². The zero-order valence-corrected chi connectivity index (χ0v) is 29.3. The van der Waals surface area contributed by atoms with Crippen LogP contribution in [-0.4, -0.2) is 28.5 Å². The zero-order chi connectivity index (χ0) is 33.3. The quantitative estimate of drug-likeness (QED) is 0.129. The standard InChI is InChI=1S/C40H29BrINO5/c41-24-11-18-33(44)31(19-24)36-27-16-17-28-35(39(48)43(38(28)47)26-14-12-25(42)13-15-26)30(27)20-32-37(46)29(22-7-3-1-4-8-22)21-34(45)40(32,36)23-9-5-2-6-10-23/h1-16,18-19,21,28,30,32,35-36,44H,17,20H2/t28-,30+,32-,35-,36+,40-/m0/s1. The first-order valence-corrected chi connectivity index (χ1v) is 17.8. The van der Waals surface area contributed by atoms with Gasteiger partial charge in [0.1, 0.15) is 5.75 Å². The molecular formula is C40H29BrINO5. The number of phenolic OH excluding ortho intramolecular Hbond substituents is 1. The van der Waals surface area contributed by atoms with Crippen LogP contribution in [0.25, 0.3) is 5.57 Å². The molecule has 6 atom stereocenters. The number of carbonyl (C=O) groups is 4. The first-order chi connectivity index (χ1) is 23.2. The third-order valence-electron chi connectivity index (χ3n) is 10.8. The Kier molecular flexibility index (Phi) is 7.64. The van der Waals surface area contributed by atoms with Gasteiger partial charge >= 0.3 is 0 Å². The van der Waals surface area contributed by atoms with Gasteiger partial charge in [0.05, 0.1) is 22.9 Å². The Labute approximate surface area is 299 Å². The second-order valence-electron chi connectivity index (χ2n) is 13.0. The van der Waals surface area contributed by atoms with E-state index in [1.54, 1.807) is 24.3 Å². The van der Waals surface area contributed by atoms with Crippen molar-refractivity contribution in [3.63, 3.8) is 0 Å². The Bertz CT molecular complexity index is 2080. The lowest BCUT2D eigenvalue weighted by Crippen LogP contribution is -2.58. The van der Waals surface area contributed by atoms with Crippen molar-refractivity contribution in [3.8, 4) is 5.75 Å². The fourth-order valence-electron chi connectivity index (χ4n) is 8.82. The van der Waals surface area contributed by atoms with Gasteiger partial charge in [0.25, 0.3) is 0 Å². The van der Waals surface area contributed by atoms with Crippen LogP contribution in [-0.2, 0) is 24.6 Å². The molecule has 1 N–H and O–H groups in total. The molecule has 4 aliphatic rings. The highest BCUT2D eigenvalue weighted by Crippen LogP contribution is 2.64. The lowest BCUT2D eigenvalue weighted by Gasteiger charge is -2.55. The number of benzene rings is 4. The van der Waals surface area contributed by atoms with Crippen LogP contribution in [0.3, 0.4) is 0 Å². The summed E-state index contributed by atoms with van der Waals surface area (Å²) < 4.78 is 1.69. The zero-order valence-electron chi connectivity index (χ0n) is 25.6. The van der Waals surface area contributed by atoms with E-state index in [9.17, 15) is 19.5 Å². The van der Waals surface area contributed by atoms with Crippen LogP contribution in [0, 0.1) is 27.2 Å². The topological polar surface area (TPSA) is 91.8 Å². The van der Waals surface area contributed by atoms with Gasteiger partial charge in [-0.15, -0.1) is 0 Å². The van der Waals surface area contributed by atoms with Gasteiger partial charge in [-0.1, -0.05) is 88.2 Å². The molecule has 48 heavy (non-hydrogen) atoms. The largest absolute Gasteiger partial charge is 0.508 e. The number of allylic oxidation sites excluding steroid dienone is 4. The molecule has 2 fully saturated rings. The Hall–Kier alpha value is -4.15. The van der Waals surface area contributed by atoms with E-state index in [4.69, 9.17) is 0 Å². The molecule has 8 heteroatoms. The van der Waals surface area contributed by atoms with E-state index in [0.717, 1.165) is 9.14 Å². The van der Waals surface area contributed by atoms with Gasteiger partial charge in [-0.25, -0.2) is 0 Å². The SMILES string of the molecule is O=C1C(c2ccccc2)=CC(=O)[C@@]2(c3ccccc3)[C@@H](c3cc(Br)ccc3O)C3=CC[C@@H]4C(=O)N(c5ccc(I)cc5)C(=O)[C@@H]4[C@@H]3C[C@@H]12. The van der Waals surface area contributed by atoms with Crippen molar-refractivity contribution in [2.45, 2.75) is 24.2 Å². The Morgan fingerprint density at radius 3 is 2.21 bits per heavy atom. The molecule has 1 heterocycles. The van der Waals surface area contributed by atoms with Crippen LogP contribution in [0.1, 0.15) is 35.4 Å². The van der Waals surface area contributed by atoms with Gasteiger partial charge in [-0.05, 0) is 101 Å². The molecule has 4 aromatic carbocycles. The first-order valence-electron chi connectivity index (χ1n) is 15.9. The average Bonchev–Trinajstić information content (AvgIpc) is 3.36. The number of fused-ring (bicyclic) bond motifs is 4. The summed E-state index contributed by atoms with van der Waals surface area (Å²) in [4.78, 5) is 59.8. The van der Waals surface area contributed by atoms with Crippen molar-refractivity contribution in [1.82, 2.24) is 0 Å². The average molecular weight is 810 g/mol. The number of phenols is 1. The smallest absolute Gasteiger partial charge is 0.238 e. The molecule has 4 aromatic rings. The van der Waals surface area contributed by atoms with Gasteiger partial charge in [0, 0.05) is 31.0 Å². The van der Waals surface area contributed by atoms with Crippen molar-refractivity contribution in [1.29, 1.82) is 0 Å². The van der Waals surface area contributed by atoms with Crippen LogP contribution in [0.4, 0.5) is 5.69 Å². The van der Waals surface area contributed by atoms with Crippen molar-refractivity contribution in [3.05, 3.63) is 146 Å². The number of rotatable bonds is 4. The Morgan fingerprint density at radius 1 is 0.812 bits per heavy atom. The summed E-state index contributed by atoms with van der Waals surface area (Å²) in [6.07, 6.45) is 4.02. The van der Waals surface area contributed by atoms with Crippen LogP contribution in [0.15, 0.2) is 125 Å². The number of Topliss-reactive ketones (excluding diaryl/α,β-unsaturated/α-hetero) is 1. The summed E-state index contributed by atoms with van der Waals surface area (Å²) in [7, 11) is 0. The number of halogens is 2. The normalized spacial score (nSPS) is 28.0. The number of hydrogen-bond acceptors (Lipinski definition) is 5. The minimum absolute atomic E-state index is 0.00615. The summed E-state index contributed by atoms with van der Waals surface area (Å²) in [6, 6.07) is 31.0. The minimum atomic E-state index is -1.40. The van der Waals surface area contributed by atoms with Gasteiger partial charge in [0.15, 0.2) is 11.6 Å². The molecule has 2 amide bonds. The molecule has 238 valence electrons. The number of anilines is 1. The molecule has 1 aliphatic heterocycles. The first kappa shape index (κ1) is 31.1. The van der Waals surface area contributed by atoms with Crippen molar-refractivity contribution < 1.29 is 24.3 Å². The number of hydrogen-bond donors (Lipinski definition) is 1. The van der Waals surface area contributed by atoms with Gasteiger partial charge < -0.3 is 5.11 Å². The summed E-state index contributed by atoms with van der Waals surface area (Å²) in [6.45, 7) is 0. The van der Waals surface area contributed by atoms with E-state index in [1.165, 1.54) is 11.0 Å². The summed E-state index contributed by atoms with van der Waals surface area (Å²) in [5.41, 5.74) is 2.10. The second-order valence-corrected chi connectivity index (χ2v) is 15.1. The number of nitrogens with zero attached hydrogens (tertiary/aromatic N) is 1. The number of carbonyl (C=O) groups excluding carboxylic acids is 4. The number of imide groups is 1. The molecule has 0 spiro atoms. The van der Waals surface area contributed by atoms with Crippen LogP contribution in [0.2, 0.25) is 0 Å². The lowest BCUT2D eigenvalue weighted by molar-refractivity contribution is -0.135. The molecule has 3 aliphatic carbocycles. The molecule has 0 bridgehead atoms. The molecule has 1 saturated heterocycles. The summed E-state index contributed by atoms with van der Waals surface area (Å²) in [5, 5.41) is 11.5. The van der Waals surface area contributed by atoms with Crippen molar-refractivity contribution in [2.24, 2.45) is 23.7 Å². The molecule has 0 unspecified atom stereocenters. The molecule has 1 saturated carbocycles. The predicted molar refractivity (Wildman–Crippen MR) is 194 cm³/mol. The number of aromatic hydroxyl groups is 1. The number of ketones is 2. The van der Waals surface area contributed by atoms with E-state index in [2.05, 4.69) is 38.5 Å². The van der Waals surface area contributed by atoms with Crippen LogP contribution >= 0.6 is 38.5 Å². The highest BCUT2D eigenvalue weighted by Gasteiger charge is 2.66. The lowest BCUT2D eigenvalue weighted by atomic mass is 9.44. The van der Waals surface area contributed by atoms with Gasteiger partial charge in [-0.3, -0.25) is 24.1 Å². The highest BCUT2D eigenvalue weighted by atomic mass is 127. The van der Waals surface area contributed by atoms with Crippen LogP contribution < -0.4 is 4.90 Å². The Balaban J connectivity index is 1.37. The van der Waals surface area contributed by atoms with E-state index >= 15 is 4.79 Å². The second kappa shape index (κ2) is 11.8. The third kappa shape index (κ3) is 4.55. The maximum atomic E-state index is 15.1. The fraction of sp³-hybridized carbons (Fsp3) is 0.200. The van der Waals surface area contributed by atoms with Crippen molar-refractivity contribution in [2.75, 3.05) is 4.90 Å². The monoisotopic (exact) mass is 809 g/mol. The fourth-order valence-corrected chi connectivity index (χ4v) is 9.56. The summed E-state index contributed by atoms with van der Waals surface area (Å²) in [5.74, 6) is -4.41. The number of amides is 2. The maximum Gasteiger partial charge on any atom is 0.238 e. The summed E-state index contributed by atoms with van der Waals surface area (Å²) >= 11 is 5.77. The van der Waals surface area contributed by atoms with E-state index < -0.39 is 35.0 Å². The van der Waals surface area contributed by atoms with E-state index in [-0.39, 0.29) is 35.6 Å². The molecule has 6 nitrogen and oxygen atoms in total. The third-order valence-corrected chi connectivity index (χ3v) is 12.0. The molecule has 8 rings (SSSR count). The molecular weight excluding hydrogens is 781 g/mol. The predicted octanol–water partition coefficient (Wildman–Crippen LogP) is 7.79. The molecule has 0 radical (unpaired) electrons. The highest BCUT2D eigenvalue weighted by molar-refractivity contribution is 14.1. The Morgan fingerprint density at radius 2 is 1.50 bits per heavy atom. The minimum Gasteiger partial charge on any atom is -0.508 e. The van der Waals surface area contributed by atoms with Crippen molar-refractivity contribution >= 4 is 73.2 Å². The molecule has 0 aromatic heterocycles. The van der Waals surface area contributed by atoms with E-state index in [1.807, 2.05) is 84.9 Å².